The second-order valence-corrected chi connectivity index (χ2v) is 9.82. The predicted octanol–water partition coefficient (Wildman–Crippen LogP) is 6.72. The molecule has 0 spiro atoms. The largest absolute Gasteiger partial charge is 0.497 e. The lowest BCUT2D eigenvalue weighted by Gasteiger charge is -2.18. The van der Waals surface area contributed by atoms with Crippen LogP contribution in [0, 0.1) is 13.8 Å². The molecule has 4 rings (SSSR count). The van der Waals surface area contributed by atoms with Crippen LogP contribution in [0.2, 0.25) is 5.02 Å². The molecule has 36 heavy (non-hydrogen) atoms. The lowest BCUT2D eigenvalue weighted by Crippen LogP contribution is -2.32. The molecular formula is C27H28ClN5O2S. The molecule has 1 atom stereocenters. The Morgan fingerprint density at radius 1 is 1.08 bits per heavy atom. The number of methoxy groups -OCH3 is 1. The van der Waals surface area contributed by atoms with Gasteiger partial charge in [-0.15, -0.1) is 10.2 Å². The minimum Gasteiger partial charge on any atom is -0.497 e. The maximum Gasteiger partial charge on any atom is 0.319 e. The van der Waals surface area contributed by atoms with Crippen molar-refractivity contribution in [2.24, 2.45) is 0 Å². The maximum atomic E-state index is 12.8. The van der Waals surface area contributed by atoms with Gasteiger partial charge in [0.25, 0.3) is 0 Å². The molecule has 4 aromatic rings. The number of carbonyl (C=O) groups is 1. The van der Waals surface area contributed by atoms with Crippen molar-refractivity contribution >= 4 is 35.1 Å². The van der Waals surface area contributed by atoms with Gasteiger partial charge in [0.15, 0.2) is 11.0 Å². The van der Waals surface area contributed by atoms with E-state index in [1.807, 2.05) is 48.7 Å². The average molecular weight is 522 g/mol. The van der Waals surface area contributed by atoms with E-state index >= 15 is 0 Å². The summed E-state index contributed by atoms with van der Waals surface area (Å²) in [5, 5.41) is 16.1. The zero-order valence-electron chi connectivity index (χ0n) is 20.6. The van der Waals surface area contributed by atoms with Crippen LogP contribution in [0.4, 0.5) is 10.5 Å². The van der Waals surface area contributed by atoms with Crippen LogP contribution in [0.1, 0.15) is 35.5 Å². The van der Waals surface area contributed by atoms with Gasteiger partial charge in [-0.1, -0.05) is 65.3 Å². The van der Waals surface area contributed by atoms with Gasteiger partial charge in [-0.3, -0.25) is 4.57 Å². The molecule has 3 aromatic carbocycles. The van der Waals surface area contributed by atoms with Gasteiger partial charge < -0.3 is 15.4 Å². The van der Waals surface area contributed by atoms with Gasteiger partial charge in [0.2, 0.25) is 0 Å². The number of carbonyl (C=O) groups excluding carboxylic acids is 1. The highest BCUT2D eigenvalue weighted by Gasteiger charge is 2.22. The third-order valence-corrected chi connectivity index (χ3v) is 6.82. The number of aryl methyl sites for hydroxylation is 2. The van der Waals surface area contributed by atoms with Crippen molar-refractivity contribution in [3.63, 3.8) is 0 Å². The van der Waals surface area contributed by atoms with Crippen molar-refractivity contribution in [3.8, 4) is 11.4 Å². The van der Waals surface area contributed by atoms with Crippen molar-refractivity contribution in [1.82, 2.24) is 20.1 Å². The Morgan fingerprint density at radius 2 is 1.89 bits per heavy atom. The Balaban J connectivity index is 1.60. The fourth-order valence-electron chi connectivity index (χ4n) is 3.78. The molecule has 0 aliphatic carbocycles. The summed E-state index contributed by atoms with van der Waals surface area (Å²) in [5.74, 6) is 2.00. The van der Waals surface area contributed by atoms with Gasteiger partial charge in [0.05, 0.1) is 18.8 Å². The van der Waals surface area contributed by atoms with Gasteiger partial charge in [0.1, 0.15) is 5.75 Å². The summed E-state index contributed by atoms with van der Waals surface area (Å²) in [5.41, 5.74) is 4.92. The van der Waals surface area contributed by atoms with E-state index in [0.717, 1.165) is 22.2 Å². The Bertz CT molecular complexity index is 1370. The minimum absolute atomic E-state index is 0.359. The van der Waals surface area contributed by atoms with E-state index in [2.05, 4.69) is 52.0 Å². The van der Waals surface area contributed by atoms with Crippen LogP contribution in [0.3, 0.4) is 0 Å². The van der Waals surface area contributed by atoms with Crippen LogP contribution in [-0.2, 0) is 5.75 Å². The highest BCUT2D eigenvalue weighted by molar-refractivity contribution is 7.98. The average Bonchev–Trinajstić information content (AvgIpc) is 3.28. The van der Waals surface area contributed by atoms with Gasteiger partial charge in [-0.05, 0) is 56.2 Å². The number of benzene rings is 3. The summed E-state index contributed by atoms with van der Waals surface area (Å²) in [7, 11) is 1.58. The molecule has 0 aliphatic heterocycles. The number of nitrogens with one attached hydrogen (secondary N) is 2. The Kier molecular flexibility index (Phi) is 8.18. The monoisotopic (exact) mass is 521 g/mol. The first-order valence-electron chi connectivity index (χ1n) is 11.5. The summed E-state index contributed by atoms with van der Waals surface area (Å²) in [6.45, 7) is 5.96. The van der Waals surface area contributed by atoms with Gasteiger partial charge in [0, 0.05) is 22.5 Å². The predicted molar refractivity (Wildman–Crippen MR) is 145 cm³/mol. The maximum absolute atomic E-state index is 12.8. The lowest BCUT2D eigenvalue weighted by atomic mass is 10.2. The van der Waals surface area contributed by atoms with E-state index in [4.69, 9.17) is 16.3 Å². The van der Waals surface area contributed by atoms with E-state index in [-0.39, 0.29) is 6.03 Å². The zero-order chi connectivity index (χ0) is 25.7. The molecule has 1 unspecified atom stereocenters. The number of aromatic nitrogens is 3. The number of halogens is 1. The zero-order valence-corrected chi connectivity index (χ0v) is 22.2. The van der Waals surface area contributed by atoms with E-state index in [0.29, 0.717) is 22.3 Å². The van der Waals surface area contributed by atoms with Crippen LogP contribution >= 0.6 is 23.4 Å². The molecule has 2 N–H and O–H groups in total. The van der Waals surface area contributed by atoms with E-state index in [1.165, 1.54) is 11.1 Å². The summed E-state index contributed by atoms with van der Waals surface area (Å²) in [6, 6.07) is 20.5. The van der Waals surface area contributed by atoms with E-state index in [1.54, 1.807) is 31.0 Å². The van der Waals surface area contributed by atoms with Crippen LogP contribution in [0.25, 0.3) is 5.69 Å². The molecule has 0 fully saturated rings. The Labute approximate surface area is 220 Å². The van der Waals surface area contributed by atoms with Crippen molar-refractivity contribution < 1.29 is 9.53 Å². The topological polar surface area (TPSA) is 81.1 Å². The highest BCUT2D eigenvalue weighted by atomic mass is 35.5. The van der Waals surface area contributed by atoms with Gasteiger partial charge >= 0.3 is 6.03 Å². The van der Waals surface area contributed by atoms with E-state index in [9.17, 15) is 4.79 Å². The van der Waals surface area contributed by atoms with Crippen molar-refractivity contribution in [2.75, 3.05) is 12.4 Å². The normalized spacial score (nSPS) is 11.7. The molecule has 7 nitrogen and oxygen atoms in total. The minimum atomic E-state index is -0.435. The van der Waals surface area contributed by atoms with Gasteiger partial charge in [-0.25, -0.2) is 4.79 Å². The number of rotatable bonds is 8. The molecular weight excluding hydrogens is 494 g/mol. The molecule has 186 valence electrons. The van der Waals surface area contributed by atoms with Crippen LogP contribution in [0.15, 0.2) is 71.9 Å². The first-order valence-corrected chi connectivity index (χ1v) is 12.8. The molecule has 0 radical (unpaired) electrons. The molecule has 2 amide bonds. The molecule has 0 aliphatic rings. The Hall–Kier alpha value is -3.49. The molecule has 0 bridgehead atoms. The fourth-order valence-corrected chi connectivity index (χ4v) is 4.85. The molecule has 1 heterocycles. The van der Waals surface area contributed by atoms with Crippen molar-refractivity contribution in [3.05, 3.63) is 94.3 Å². The third kappa shape index (κ3) is 6.19. The number of nitrogens with zero attached hydrogens (tertiary/aromatic N) is 3. The second kappa shape index (κ2) is 11.5. The number of hydrogen-bond donors (Lipinski definition) is 2. The first kappa shape index (κ1) is 25.6. The molecule has 0 saturated carbocycles. The lowest BCUT2D eigenvalue weighted by molar-refractivity contribution is 0.249. The summed E-state index contributed by atoms with van der Waals surface area (Å²) >= 11 is 7.94. The molecule has 1 aromatic heterocycles. The number of thioether (sulfide) groups is 1. The van der Waals surface area contributed by atoms with Crippen LogP contribution < -0.4 is 15.4 Å². The fraction of sp³-hybridized carbons (Fsp3) is 0.222. The van der Waals surface area contributed by atoms with E-state index < -0.39 is 6.04 Å². The molecule has 9 heteroatoms. The first-order chi connectivity index (χ1) is 17.3. The SMILES string of the molecule is COc1cccc(NC(=O)NC(C)c2nnc(SCc3cccc(C)c3)n2-c2cc(Cl)ccc2C)c1. The number of ether oxygens (including phenoxy) is 1. The Morgan fingerprint density at radius 3 is 2.67 bits per heavy atom. The number of hydrogen-bond acceptors (Lipinski definition) is 5. The van der Waals surface area contributed by atoms with Crippen molar-refractivity contribution in [1.29, 1.82) is 0 Å². The van der Waals surface area contributed by atoms with Crippen molar-refractivity contribution in [2.45, 2.75) is 37.7 Å². The highest BCUT2D eigenvalue weighted by Crippen LogP contribution is 2.30. The number of anilines is 1. The standard InChI is InChI=1S/C27H28ClN5O2S/c1-17-7-5-8-20(13-17)16-36-27-32-31-25(33(27)24-14-21(28)12-11-18(24)2)19(3)29-26(34)30-22-9-6-10-23(15-22)35-4/h5-15,19H,16H2,1-4H3,(H2,29,30,34). The van der Waals surface area contributed by atoms with Gasteiger partial charge in [-0.2, -0.15) is 0 Å². The number of amides is 2. The summed E-state index contributed by atoms with van der Waals surface area (Å²) in [6.07, 6.45) is 0. The quantitative estimate of drug-likeness (QED) is 0.251. The summed E-state index contributed by atoms with van der Waals surface area (Å²) < 4.78 is 7.20. The third-order valence-electron chi connectivity index (χ3n) is 5.58. The second-order valence-electron chi connectivity index (χ2n) is 8.44. The number of urea groups is 1. The molecule has 0 saturated heterocycles. The van der Waals surface area contributed by atoms with Crippen LogP contribution in [0.5, 0.6) is 5.75 Å². The smallest absolute Gasteiger partial charge is 0.319 e. The van der Waals surface area contributed by atoms with Crippen LogP contribution in [-0.4, -0.2) is 27.9 Å². The summed E-state index contributed by atoms with van der Waals surface area (Å²) in [4.78, 5) is 12.8.